The summed E-state index contributed by atoms with van der Waals surface area (Å²) >= 11 is 0. The summed E-state index contributed by atoms with van der Waals surface area (Å²) in [7, 11) is 0. The van der Waals surface area contributed by atoms with E-state index in [4.69, 9.17) is 5.73 Å². The SMILES string of the molecule is CC(C)CC(=O)NC(=O)C(O)[C@@H](N)CC(C)C. The smallest absolute Gasteiger partial charge is 0.257 e. The van der Waals surface area contributed by atoms with Crippen LogP contribution in [0.25, 0.3) is 0 Å². The first-order valence-electron chi connectivity index (χ1n) is 6.01. The number of nitrogens with one attached hydrogen (secondary N) is 1. The summed E-state index contributed by atoms with van der Waals surface area (Å²) in [6.45, 7) is 7.67. The van der Waals surface area contributed by atoms with Crippen molar-refractivity contribution in [1.29, 1.82) is 0 Å². The lowest BCUT2D eigenvalue weighted by molar-refractivity contribution is -0.136. The Morgan fingerprint density at radius 3 is 2.12 bits per heavy atom. The maximum Gasteiger partial charge on any atom is 0.257 e. The first-order chi connectivity index (χ1) is 7.73. The minimum Gasteiger partial charge on any atom is -0.382 e. The van der Waals surface area contributed by atoms with Crippen LogP contribution < -0.4 is 11.1 Å². The van der Waals surface area contributed by atoms with Crippen LogP contribution in [-0.4, -0.2) is 29.1 Å². The Morgan fingerprint density at radius 1 is 1.18 bits per heavy atom. The van der Waals surface area contributed by atoms with E-state index in [9.17, 15) is 14.7 Å². The van der Waals surface area contributed by atoms with Gasteiger partial charge in [-0.1, -0.05) is 27.7 Å². The van der Waals surface area contributed by atoms with Crippen LogP contribution in [0.4, 0.5) is 0 Å². The van der Waals surface area contributed by atoms with E-state index >= 15 is 0 Å². The van der Waals surface area contributed by atoms with Crippen molar-refractivity contribution in [3.63, 3.8) is 0 Å². The van der Waals surface area contributed by atoms with Crippen LogP contribution in [0.15, 0.2) is 0 Å². The molecular formula is C12H24N2O3. The van der Waals surface area contributed by atoms with Gasteiger partial charge in [0.2, 0.25) is 5.91 Å². The minimum absolute atomic E-state index is 0.171. The molecule has 5 nitrogen and oxygen atoms in total. The Labute approximate surface area is 103 Å². The van der Waals surface area contributed by atoms with Crippen molar-refractivity contribution in [2.45, 2.75) is 52.7 Å². The van der Waals surface area contributed by atoms with Crippen molar-refractivity contribution in [1.82, 2.24) is 5.32 Å². The zero-order valence-corrected chi connectivity index (χ0v) is 11.1. The molecule has 0 bridgehead atoms. The van der Waals surface area contributed by atoms with Gasteiger partial charge in [-0.2, -0.15) is 0 Å². The molecule has 1 unspecified atom stereocenters. The summed E-state index contributed by atoms with van der Waals surface area (Å²) in [6.07, 6.45) is -0.529. The van der Waals surface area contributed by atoms with Crippen LogP contribution in [0.2, 0.25) is 0 Å². The van der Waals surface area contributed by atoms with E-state index in [1.807, 2.05) is 27.7 Å². The lowest BCUT2D eigenvalue weighted by Gasteiger charge is -2.19. The third kappa shape index (κ3) is 7.07. The van der Waals surface area contributed by atoms with Gasteiger partial charge in [-0.15, -0.1) is 0 Å². The number of hydrogen-bond acceptors (Lipinski definition) is 4. The largest absolute Gasteiger partial charge is 0.382 e. The topological polar surface area (TPSA) is 92.4 Å². The lowest BCUT2D eigenvalue weighted by Crippen LogP contribution is -2.48. The highest BCUT2D eigenvalue weighted by molar-refractivity contribution is 5.97. The Bertz CT molecular complexity index is 264. The summed E-state index contributed by atoms with van der Waals surface area (Å²) < 4.78 is 0. The van der Waals surface area contributed by atoms with Crippen LogP contribution in [0.1, 0.15) is 40.5 Å². The van der Waals surface area contributed by atoms with Gasteiger partial charge in [-0.05, 0) is 18.3 Å². The molecule has 0 aliphatic rings. The third-order valence-corrected chi connectivity index (χ3v) is 2.27. The maximum atomic E-state index is 11.5. The van der Waals surface area contributed by atoms with Crippen LogP contribution >= 0.6 is 0 Å². The molecule has 100 valence electrons. The molecule has 0 aliphatic heterocycles. The average molecular weight is 244 g/mol. The fraction of sp³-hybridized carbons (Fsp3) is 0.833. The molecule has 17 heavy (non-hydrogen) atoms. The zero-order valence-electron chi connectivity index (χ0n) is 11.1. The highest BCUT2D eigenvalue weighted by Crippen LogP contribution is 2.06. The third-order valence-electron chi connectivity index (χ3n) is 2.27. The number of carbonyl (C=O) groups is 2. The molecule has 0 aromatic heterocycles. The standard InChI is InChI=1S/C12H24N2O3/c1-7(2)5-9(13)11(16)12(17)14-10(15)6-8(3)4/h7-9,11,16H,5-6,13H2,1-4H3,(H,14,15,17)/t9-,11?/m0/s1. The van der Waals surface area contributed by atoms with Crippen molar-refractivity contribution in [3.05, 3.63) is 0 Å². The van der Waals surface area contributed by atoms with E-state index in [0.29, 0.717) is 12.3 Å². The molecule has 0 radical (unpaired) electrons. The first-order valence-corrected chi connectivity index (χ1v) is 6.01. The molecule has 0 aromatic carbocycles. The predicted octanol–water partition coefficient (Wildman–Crippen LogP) is 0.410. The Balaban J connectivity index is 4.17. The number of imide groups is 1. The summed E-state index contributed by atoms with van der Waals surface area (Å²) in [5.41, 5.74) is 5.67. The van der Waals surface area contributed by atoms with E-state index < -0.39 is 18.1 Å². The van der Waals surface area contributed by atoms with Gasteiger partial charge in [0.05, 0.1) is 0 Å². The Kier molecular flexibility index (Phi) is 6.99. The van der Waals surface area contributed by atoms with Crippen molar-refractivity contribution in [3.8, 4) is 0 Å². The molecule has 2 amide bonds. The van der Waals surface area contributed by atoms with Crippen molar-refractivity contribution >= 4 is 11.8 Å². The molecule has 0 aromatic rings. The molecule has 5 heteroatoms. The van der Waals surface area contributed by atoms with Crippen LogP contribution in [0.5, 0.6) is 0 Å². The average Bonchev–Trinajstić information content (AvgIpc) is 2.13. The second-order valence-electron chi connectivity index (χ2n) is 5.25. The van der Waals surface area contributed by atoms with E-state index in [1.165, 1.54) is 0 Å². The van der Waals surface area contributed by atoms with E-state index in [2.05, 4.69) is 5.32 Å². The second kappa shape index (κ2) is 7.40. The molecule has 0 rings (SSSR count). The summed E-state index contributed by atoms with van der Waals surface area (Å²) in [6, 6.07) is -0.637. The quantitative estimate of drug-likeness (QED) is 0.631. The summed E-state index contributed by atoms with van der Waals surface area (Å²) in [5.74, 6) is -0.618. The maximum absolute atomic E-state index is 11.5. The van der Waals surface area contributed by atoms with Crippen molar-refractivity contribution < 1.29 is 14.7 Å². The molecule has 0 fully saturated rings. The number of aliphatic hydroxyl groups is 1. The predicted molar refractivity (Wildman–Crippen MR) is 66.0 cm³/mol. The number of nitrogens with two attached hydrogens (primary N) is 1. The Hall–Kier alpha value is -0.940. The van der Waals surface area contributed by atoms with Gasteiger partial charge in [-0.3, -0.25) is 14.9 Å². The highest BCUT2D eigenvalue weighted by Gasteiger charge is 2.25. The van der Waals surface area contributed by atoms with Gasteiger partial charge in [0.25, 0.3) is 5.91 Å². The van der Waals surface area contributed by atoms with Gasteiger partial charge >= 0.3 is 0 Å². The van der Waals surface area contributed by atoms with Gasteiger partial charge in [-0.25, -0.2) is 0 Å². The second-order valence-corrected chi connectivity index (χ2v) is 5.25. The highest BCUT2D eigenvalue weighted by atomic mass is 16.3. The van der Waals surface area contributed by atoms with Gasteiger partial charge in [0.1, 0.15) is 6.10 Å². The van der Waals surface area contributed by atoms with Crippen molar-refractivity contribution in [2.24, 2.45) is 17.6 Å². The fourth-order valence-corrected chi connectivity index (χ4v) is 1.50. The van der Waals surface area contributed by atoms with Crippen LogP contribution in [-0.2, 0) is 9.59 Å². The first kappa shape index (κ1) is 16.1. The van der Waals surface area contributed by atoms with Gasteiger partial charge in [0.15, 0.2) is 0 Å². The minimum atomic E-state index is -1.33. The normalized spacial score (nSPS) is 14.8. The summed E-state index contributed by atoms with van der Waals surface area (Å²) in [4.78, 5) is 22.8. The number of rotatable bonds is 6. The molecule has 4 N–H and O–H groups in total. The van der Waals surface area contributed by atoms with E-state index in [1.54, 1.807) is 0 Å². The number of carbonyl (C=O) groups excluding carboxylic acids is 2. The molecule has 2 atom stereocenters. The van der Waals surface area contributed by atoms with Gasteiger partial charge < -0.3 is 10.8 Å². The Morgan fingerprint density at radius 2 is 1.71 bits per heavy atom. The van der Waals surface area contributed by atoms with E-state index in [-0.39, 0.29) is 18.2 Å². The van der Waals surface area contributed by atoms with Crippen LogP contribution in [0.3, 0.4) is 0 Å². The molecular weight excluding hydrogens is 220 g/mol. The molecule has 0 spiro atoms. The number of hydrogen-bond donors (Lipinski definition) is 3. The monoisotopic (exact) mass is 244 g/mol. The molecule has 0 saturated carbocycles. The molecule has 0 heterocycles. The molecule has 0 saturated heterocycles. The van der Waals surface area contributed by atoms with E-state index in [0.717, 1.165) is 0 Å². The zero-order chi connectivity index (χ0) is 13.6. The fourth-order valence-electron chi connectivity index (χ4n) is 1.50. The van der Waals surface area contributed by atoms with Crippen LogP contribution in [0, 0.1) is 11.8 Å². The molecule has 0 aliphatic carbocycles. The van der Waals surface area contributed by atoms with Gasteiger partial charge in [0, 0.05) is 12.5 Å². The number of amides is 2. The lowest BCUT2D eigenvalue weighted by atomic mass is 9.99. The van der Waals surface area contributed by atoms with Crippen molar-refractivity contribution in [2.75, 3.05) is 0 Å². The number of aliphatic hydroxyl groups excluding tert-OH is 1. The summed E-state index contributed by atoms with van der Waals surface area (Å²) in [5, 5.41) is 11.8.